The Morgan fingerprint density at radius 1 is 0.818 bits per heavy atom. The zero-order chi connectivity index (χ0) is 23.5. The van der Waals surface area contributed by atoms with Crippen LogP contribution in [-0.2, 0) is 9.53 Å². The predicted molar refractivity (Wildman–Crippen MR) is 140 cm³/mol. The van der Waals surface area contributed by atoms with Crippen LogP contribution in [0.1, 0.15) is 20.8 Å². The van der Waals surface area contributed by atoms with Gasteiger partial charge in [-0.1, -0.05) is 75.4 Å². The summed E-state index contributed by atoms with van der Waals surface area (Å²) in [5.41, 5.74) is -0.751. The van der Waals surface area contributed by atoms with E-state index in [1.807, 2.05) is 18.2 Å². The Morgan fingerprint density at radius 3 is 1.58 bits per heavy atom. The number of methoxy groups -OCH3 is 1. The zero-order valence-electron chi connectivity index (χ0n) is 19.6. The first-order chi connectivity index (χ1) is 15.8. The number of benzene rings is 3. The molecule has 33 heavy (non-hydrogen) atoms. The normalized spacial score (nSPS) is 18.1. The van der Waals surface area contributed by atoms with Crippen molar-refractivity contribution in [1.29, 1.82) is 0 Å². The summed E-state index contributed by atoms with van der Waals surface area (Å²) in [6.07, 6.45) is 2.17. The largest absolute Gasteiger partial charge is 0.466 e. The van der Waals surface area contributed by atoms with Crippen molar-refractivity contribution in [3.05, 3.63) is 91.0 Å². The quantitative estimate of drug-likeness (QED) is 0.406. The van der Waals surface area contributed by atoms with Gasteiger partial charge in [-0.2, -0.15) is 0 Å². The molecule has 0 bridgehead atoms. The van der Waals surface area contributed by atoms with Gasteiger partial charge in [0.1, 0.15) is 29.3 Å². The van der Waals surface area contributed by atoms with Crippen molar-refractivity contribution in [3.63, 3.8) is 0 Å². The standard InChI is InChI=1S/C28H30N2O2P/c1-27(2,3)25-20-29-28(30-25,26(31)32-4)21-33(22-14-8-5-9-15-22,23-16-10-6-11-17-23)24-18-12-7-13-19-24/h5-20H,21H2,1-4H3/q+1. The van der Waals surface area contributed by atoms with E-state index in [0.29, 0.717) is 6.16 Å². The summed E-state index contributed by atoms with van der Waals surface area (Å²) in [6, 6.07) is 31.4. The fourth-order valence-corrected chi connectivity index (χ4v) is 8.72. The molecule has 0 N–H and O–H groups in total. The molecule has 0 spiro atoms. The van der Waals surface area contributed by atoms with E-state index in [2.05, 4.69) is 93.6 Å². The highest BCUT2D eigenvalue weighted by Crippen LogP contribution is 2.58. The summed E-state index contributed by atoms with van der Waals surface area (Å²) >= 11 is 0. The Hall–Kier alpha value is -3.10. The Morgan fingerprint density at radius 2 is 1.24 bits per heavy atom. The molecule has 0 radical (unpaired) electrons. The lowest BCUT2D eigenvalue weighted by atomic mass is 9.91. The number of carbonyl (C=O) groups is 1. The first-order valence-electron chi connectivity index (χ1n) is 11.1. The summed E-state index contributed by atoms with van der Waals surface area (Å²) < 4.78 is 5.31. The molecular formula is C28H30N2O2P+. The molecule has 3 aromatic rings. The molecule has 1 heterocycles. The second-order valence-corrected chi connectivity index (χ2v) is 12.8. The van der Waals surface area contributed by atoms with Gasteiger partial charge in [-0.3, -0.25) is 0 Å². The van der Waals surface area contributed by atoms with E-state index in [0.717, 1.165) is 5.71 Å². The van der Waals surface area contributed by atoms with Gasteiger partial charge in [0.25, 0.3) is 5.66 Å². The third-order valence-corrected chi connectivity index (χ3v) is 10.5. The maximum atomic E-state index is 13.4. The summed E-state index contributed by atoms with van der Waals surface area (Å²) in [7, 11) is -0.921. The van der Waals surface area contributed by atoms with E-state index in [4.69, 9.17) is 14.7 Å². The van der Waals surface area contributed by atoms with Crippen LogP contribution in [0.15, 0.2) is 101 Å². The van der Waals surface area contributed by atoms with Crippen LogP contribution in [0, 0.1) is 5.41 Å². The number of ether oxygens (including phenoxy) is 1. The third-order valence-electron chi connectivity index (χ3n) is 6.04. The predicted octanol–water partition coefficient (Wildman–Crippen LogP) is 4.42. The topological polar surface area (TPSA) is 51.0 Å². The van der Waals surface area contributed by atoms with E-state index >= 15 is 0 Å². The van der Waals surface area contributed by atoms with Gasteiger partial charge in [-0.25, -0.2) is 14.8 Å². The fraction of sp³-hybridized carbons (Fsp3) is 0.250. The average molecular weight is 458 g/mol. The Balaban J connectivity index is 2.02. The molecule has 0 aromatic heterocycles. The smallest absolute Gasteiger partial charge is 0.360 e. The number of hydrogen-bond donors (Lipinski definition) is 0. The highest BCUT2D eigenvalue weighted by atomic mass is 31.2. The molecule has 1 aliphatic heterocycles. The first-order valence-corrected chi connectivity index (χ1v) is 13.1. The molecule has 1 atom stereocenters. The first kappa shape index (κ1) is 23.1. The van der Waals surface area contributed by atoms with E-state index in [-0.39, 0.29) is 5.41 Å². The monoisotopic (exact) mass is 457 g/mol. The molecule has 4 rings (SSSR count). The van der Waals surface area contributed by atoms with E-state index in [9.17, 15) is 4.79 Å². The number of rotatable bonds is 6. The molecule has 0 saturated heterocycles. The van der Waals surface area contributed by atoms with Crippen LogP contribution in [0.4, 0.5) is 0 Å². The summed E-state index contributed by atoms with van der Waals surface area (Å²) in [5.74, 6) is -0.426. The molecule has 0 aliphatic carbocycles. The van der Waals surface area contributed by atoms with Gasteiger partial charge in [0.2, 0.25) is 0 Å². The summed E-state index contributed by atoms with van der Waals surface area (Å²) in [6.45, 7) is 6.25. The molecule has 5 heteroatoms. The second-order valence-electron chi connectivity index (χ2n) is 9.29. The van der Waals surface area contributed by atoms with Gasteiger partial charge in [0.05, 0.1) is 12.8 Å². The molecule has 1 aliphatic rings. The van der Waals surface area contributed by atoms with Gasteiger partial charge in [-0.15, -0.1) is 0 Å². The van der Waals surface area contributed by atoms with Crippen LogP contribution < -0.4 is 15.9 Å². The molecular weight excluding hydrogens is 427 g/mol. The summed E-state index contributed by atoms with van der Waals surface area (Å²) in [5, 5.41) is 3.54. The molecule has 168 valence electrons. The molecule has 3 aromatic carbocycles. The molecule has 0 fully saturated rings. The van der Waals surface area contributed by atoms with Crippen molar-refractivity contribution < 1.29 is 9.53 Å². The van der Waals surface area contributed by atoms with Gasteiger partial charge in [0.15, 0.2) is 0 Å². The van der Waals surface area contributed by atoms with Crippen molar-refractivity contribution in [1.82, 2.24) is 0 Å². The fourth-order valence-electron chi connectivity index (χ4n) is 4.29. The van der Waals surface area contributed by atoms with Crippen molar-refractivity contribution in [2.45, 2.75) is 26.4 Å². The van der Waals surface area contributed by atoms with Gasteiger partial charge in [0, 0.05) is 11.6 Å². The van der Waals surface area contributed by atoms with Crippen molar-refractivity contribution in [2.75, 3.05) is 13.3 Å². The minimum atomic E-state index is -2.34. The SMILES string of the molecule is COC(=O)C1(C[P+](c2ccccc2)(c2ccccc2)c2ccccc2)N=CC(C(C)(C)C)=N1. The van der Waals surface area contributed by atoms with Gasteiger partial charge < -0.3 is 4.74 Å². The number of nitrogens with zero attached hydrogens (tertiary/aromatic N) is 2. The second kappa shape index (κ2) is 9.03. The molecule has 0 amide bonds. The lowest BCUT2D eigenvalue weighted by Crippen LogP contribution is -2.46. The Kier molecular flexibility index (Phi) is 6.32. The van der Waals surface area contributed by atoms with Crippen LogP contribution in [0.2, 0.25) is 0 Å². The number of esters is 1. The lowest BCUT2D eigenvalue weighted by molar-refractivity contribution is -0.145. The minimum absolute atomic E-state index is 0.230. The van der Waals surface area contributed by atoms with E-state index in [1.54, 1.807) is 6.21 Å². The van der Waals surface area contributed by atoms with Crippen LogP contribution in [0.3, 0.4) is 0 Å². The molecule has 4 nitrogen and oxygen atoms in total. The third kappa shape index (κ3) is 4.28. The number of aliphatic imine (C=N–C) groups is 2. The van der Waals surface area contributed by atoms with Crippen LogP contribution in [-0.4, -0.2) is 36.8 Å². The van der Waals surface area contributed by atoms with Crippen molar-refractivity contribution in [3.8, 4) is 0 Å². The van der Waals surface area contributed by atoms with Crippen molar-refractivity contribution in [2.24, 2.45) is 15.4 Å². The molecule has 0 saturated carbocycles. The van der Waals surface area contributed by atoms with Crippen LogP contribution in [0.5, 0.6) is 0 Å². The summed E-state index contributed by atoms with van der Waals surface area (Å²) in [4.78, 5) is 23.1. The molecule has 1 unspecified atom stereocenters. The van der Waals surface area contributed by atoms with Crippen molar-refractivity contribution >= 4 is 41.1 Å². The highest BCUT2D eigenvalue weighted by Gasteiger charge is 2.57. The van der Waals surface area contributed by atoms with Gasteiger partial charge >= 0.3 is 5.97 Å². The Bertz CT molecular complexity index is 1070. The number of carbonyl (C=O) groups excluding carboxylic acids is 1. The van der Waals surface area contributed by atoms with Crippen LogP contribution in [0.25, 0.3) is 0 Å². The van der Waals surface area contributed by atoms with E-state index < -0.39 is 18.9 Å². The maximum Gasteiger partial charge on any atom is 0.360 e. The number of hydrogen-bond acceptors (Lipinski definition) is 4. The van der Waals surface area contributed by atoms with E-state index in [1.165, 1.54) is 23.0 Å². The zero-order valence-corrected chi connectivity index (χ0v) is 20.5. The lowest BCUT2D eigenvalue weighted by Gasteiger charge is -2.32. The maximum absolute atomic E-state index is 13.4. The average Bonchev–Trinajstić information content (AvgIpc) is 3.30. The minimum Gasteiger partial charge on any atom is -0.466 e. The highest BCUT2D eigenvalue weighted by molar-refractivity contribution is 7.95. The van der Waals surface area contributed by atoms with Crippen LogP contribution >= 0.6 is 7.26 Å². The Labute approximate surface area is 196 Å². The van der Waals surface area contributed by atoms with Gasteiger partial charge in [-0.05, 0) is 36.4 Å².